The molecule has 1 unspecified atom stereocenters. The molecule has 0 amide bonds. The molecule has 1 aromatic rings. The Kier molecular flexibility index (Phi) is 8.60. The standard InChI is InChI=1S/C17H27N3O.HI/c1-4-18-17(20-15-7-8-15)19-12-11-13(2)14-5-9-16(21-3)10-6-14;/h5-6,9-10,13,15H,4,7-8,11-12H2,1-3H3,(H2,18,19,20);1H. The molecule has 1 aromatic carbocycles. The largest absolute Gasteiger partial charge is 0.497 e. The van der Waals surface area contributed by atoms with Crippen LogP contribution >= 0.6 is 24.0 Å². The molecule has 0 radical (unpaired) electrons. The molecule has 5 heteroatoms. The topological polar surface area (TPSA) is 45.7 Å². The SMILES string of the molecule is CCNC(=NCCC(C)c1ccc(OC)cc1)NC1CC1.I. The molecule has 2 N–H and O–H groups in total. The lowest BCUT2D eigenvalue weighted by Gasteiger charge is -2.13. The van der Waals surface area contributed by atoms with Crippen molar-refractivity contribution in [3.8, 4) is 5.75 Å². The van der Waals surface area contributed by atoms with E-state index in [2.05, 4.69) is 41.6 Å². The second-order valence-corrected chi connectivity index (χ2v) is 5.64. The van der Waals surface area contributed by atoms with Gasteiger partial charge in [-0.05, 0) is 49.8 Å². The van der Waals surface area contributed by atoms with Gasteiger partial charge in [-0.2, -0.15) is 0 Å². The zero-order chi connectivity index (χ0) is 15.1. The van der Waals surface area contributed by atoms with Crippen molar-refractivity contribution in [1.29, 1.82) is 0 Å². The summed E-state index contributed by atoms with van der Waals surface area (Å²) < 4.78 is 5.19. The molecule has 4 nitrogen and oxygen atoms in total. The van der Waals surface area contributed by atoms with Crippen LogP contribution in [-0.4, -0.2) is 32.2 Å². The number of rotatable bonds is 7. The Labute approximate surface area is 151 Å². The van der Waals surface area contributed by atoms with Gasteiger partial charge < -0.3 is 15.4 Å². The molecule has 0 bridgehead atoms. The first kappa shape index (κ1) is 19.1. The fourth-order valence-electron chi connectivity index (χ4n) is 2.21. The van der Waals surface area contributed by atoms with E-state index < -0.39 is 0 Å². The number of nitrogens with zero attached hydrogens (tertiary/aromatic N) is 1. The van der Waals surface area contributed by atoms with E-state index in [4.69, 9.17) is 4.74 Å². The van der Waals surface area contributed by atoms with Crippen molar-refractivity contribution in [1.82, 2.24) is 10.6 Å². The van der Waals surface area contributed by atoms with Crippen LogP contribution in [-0.2, 0) is 0 Å². The quantitative estimate of drug-likeness (QED) is 0.406. The number of aliphatic imine (C=N–C) groups is 1. The van der Waals surface area contributed by atoms with Crippen molar-refractivity contribution in [2.24, 2.45) is 4.99 Å². The second kappa shape index (κ2) is 9.92. The molecule has 1 atom stereocenters. The normalized spacial score (nSPS) is 15.7. The summed E-state index contributed by atoms with van der Waals surface area (Å²) >= 11 is 0. The first-order valence-corrected chi connectivity index (χ1v) is 7.91. The van der Waals surface area contributed by atoms with E-state index in [-0.39, 0.29) is 24.0 Å². The van der Waals surface area contributed by atoms with Crippen LogP contribution in [0.1, 0.15) is 44.6 Å². The molecule has 124 valence electrons. The number of ether oxygens (including phenoxy) is 1. The van der Waals surface area contributed by atoms with E-state index in [1.54, 1.807) is 7.11 Å². The smallest absolute Gasteiger partial charge is 0.191 e. The zero-order valence-corrected chi connectivity index (χ0v) is 16.1. The highest BCUT2D eigenvalue weighted by molar-refractivity contribution is 14.0. The first-order chi connectivity index (χ1) is 10.2. The van der Waals surface area contributed by atoms with Crippen LogP contribution in [0.2, 0.25) is 0 Å². The summed E-state index contributed by atoms with van der Waals surface area (Å²) in [4.78, 5) is 4.66. The molecule has 0 aromatic heterocycles. The van der Waals surface area contributed by atoms with Gasteiger partial charge in [0.25, 0.3) is 0 Å². The Morgan fingerprint density at radius 1 is 1.32 bits per heavy atom. The number of hydrogen-bond acceptors (Lipinski definition) is 2. The third kappa shape index (κ3) is 6.42. The number of nitrogens with one attached hydrogen (secondary N) is 2. The van der Waals surface area contributed by atoms with Gasteiger partial charge in [-0.3, -0.25) is 4.99 Å². The van der Waals surface area contributed by atoms with Crippen LogP contribution in [0.5, 0.6) is 5.75 Å². The molecular formula is C17H28IN3O. The van der Waals surface area contributed by atoms with Crippen LogP contribution < -0.4 is 15.4 Å². The number of guanidine groups is 1. The summed E-state index contributed by atoms with van der Waals surface area (Å²) in [5.41, 5.74) is 1.34. The molecule has 0 saturated heterocycles. The van der Waals surface area contributed by atoms with Crippen molar-refractivity contribution >= 4 is 29.9 Å². The molecule has 0 spiro atoms. The van der Waals surface area contributed by atoms with E-state index in [0.717, 1.165) is 31.2 Å². The first-order valence-electron chi connectivity index (χ1n) is 7.91. The molecular weight excluding hydrogens is 389 g/mol. The third-order valence-electron chi connectivity index (χ3n) is 3.78. The Hall–Kier alpha value is -0.980. The predicted octanol–water partition coefficient (Wildman–Crippen LogP) is 3.52. The van der Waals surface area contributed by atoms with E-state index in [0.29, 0.717) is 12.0 Å². The lowest BCUT2D eigenvalue weighted by atomic mass is 9.98. The van der Waals surface area contributed by atoms with Crippen LogP contribution in [0.3, 0.4) is 0 Å². The highest BCUT2D eigenvalue weighted by Crippen LogP contribution is 2.22. The van der Waals surface area contributed by atoms with Gasteiger partial charge in [0.2, 0.25) is 0 Å². The van der Waals surface area contributed by atoms with Crippen molar-refractivity contribution in [2.45, 2.75) is 45.1 Å². The summed E-state index contributed by atoms with van der Waals surface area (Å²) in [5.74, 6) is 2.37. The molecule has 2 rings (SSSR count). The molecule has 0 aliphatic heterocycles. The highest BCUT2D eigenvalue weighted by Gasteiger charge is 2.22. The summed E-state index contributed by atoms with van der Waals surface area (Å²) in [7, 11) is 1.70. The molecule has 1 saturated carbocycles. The van der Waals surface area contributed by atoms with Gasteiger partial charge >= 0.3 is 0 Å². The summed E-state index contributed by atoms with van der Waals surface area (Å²) in [5, 5.41) is 6.75. The van der Waals surface area contributed by atoms with Gasteiger partial charge in [-0.25, -0.2) is 0 Å². The third-order valence-corrected chi connectivity index (χ3v) is 3.78. The maximum Gasteiger partial charge on any atom is 0.191 e. The van der Waals surface area contributed by atoms with Gasteiger partial charge in [0.15, 0.2) is 5.96 Å². The minimum atomic E-state index is 0. The number of hydrogen-bond donors (Lipinski definition) is 2. The summed E-state index contributed by atoms with van der Waals surface area (Å²) in [6.07, 6.45) is 3.59. The van der Waals surface area contributed by atoms with Crippen LogP contribution in [0, 0.1) is 0 Å². The van der Waals surface area contributed by atoms with Crippen LogP contribution in [0.4, 0.5) is 0 Å². The maximum atomic E-state index is 5.19. The second-order valence-electron chi connectivity index (χ2n) is 5.64. The van der Waals surface area contributed by atoms with Gasteiger partial charge in [0, 0.05) is 19.1 Å². The summed E-state index contributed by atoms with van der Waals surface area (Å²) in [6, 6.07) is 8.96. The average molecular weight is 417 g/mol. The van der Waals surface area contributed by atoms with Crippen molar-refractivity contribution in [2.75, 3.05) is 20.2 Å². The Morgan fingerprint density at radius 3 is 2.55 bits per heavy atom. The van der Waals surface area contributed by atoms with E-state index in [1.807, 2.05) is 12.1 Å². The monoisotopic (exact) mass is 417 g/mol. The molecule has 22 heavy (non-hydrogen) atoms. The average Bonchev–Trinajstić information content (AvgIpc) is 3.31. The lowest BCUT2D eigenvalue weighted by molar-refractivity contribution is 0.414. The fourth-order valence-corrected chi connectivity index (χ4v) is 2.21. The van der Waals surface area contributed by atoms with Gasteiger partial charge in [-0.1, -0.05) is 19.1 Å². The Bertz CT molecular complexity index is 457. The van der Waals surface area contributed by atoms with Crippen molar-refractivity contribution in [3.05, 3.63) is 29.8 Å². The Morgan fingerprint density at radius 2 is 2.00 bits per heavy atom. The Balaban J connectivity index is 0.00000242. The molecule has 1 fully saturated rings. The molecule has 1 aliphatic carbocycles. The predicted molar refractivity (Wildman–Crippen MR) is 104 cm³/mol. The van der Waals surface area contributed by atoms with Crippen LogP contribution in [0.15, 0.2) is 29.3 Å². The zero-order valence-electron chi connectivity index (χ0n) is 13.8. The van der Waals surface area contributed by atoms with Crippen molar-refractivity contribution in [3.63, 3.8) is 0 Å². The van der Waals surface area contributed by atoms with E-state index in [9.17, 15) is 0 Å². The molecule has 0 heterocycles. The number of halogens is 1. The van der Waals surface area contributed by atoms with Crippen LogP contribution in [0.25, 0.3) is 0 Å². The fraction of sp³-hybridized carbons (Fsp3) is 0.588. The number of methoxy groups -OCH3 is 1. The van der Waals surface area contributed by atoms with Gasteiger partial charge in [0.1, 0.15) is 5.75 Å². The summed E-state index contributed by atoms with van der Waals surface area (Å²) in [6.45, 7) is 6.10. The minimum Gasteiger partial charge on any atom is -0.497 e. The minimum absolute atomic E-state index is 0. The van der Waals surface area contributed by atoms with Crippen molar-refractivity contribution < 1.29 is 4.74 Å². The van der Waals surface area contributed by atoms with E-state index >= 15 is 0 Å². The maximum absolute atomic E-state index is 5.19. The van der Waals surface area contributed by atoms with Gasteiger partial charge in [0.05, 0.1) is 7.11 Å². The van der Waals surface area contributed by atoms with E-state index in [1.165, 1.54) is 18.4 Å². The van der Waals surface area contributed by atoms with Gasteiger partial charge in [-0.15, -0.1) is 24.0 Å². The molecule has 1 aliphatic rings. The lowest BCUT2D eigenvalue weighted by Crippen LogP contribution is -2.38. The number of benzene rings is 1. The highest BCUT2D eigenvalue weighted by atomic mass is 127.